The quantitative estimate of drug-likeness (QED) is 0.260. The lowest BCUT2D eigenvalue weighted by Gasteiger charge is -2.00. The van der Waals surface area contributed by atoms with Crippen LogP contribution in [0.5, 0.6) is 0 Å². The van der Waals surface area contributed by atoms with Gasteiger partial charge in [-0.2, -0.15) is 5.10 Å². The summed E-state index contributed by atoms with van der Waals surface area (Å²) in [5, 5.41) is 7.01. The van der Waals surface area contributed by atoms with E-state index in [2.05, 4.69) is 34.5 Å². The molecular weight excluding hydrogens is 415 g/mol. The van der Waals surface area contributed by atoms with E-state index in [0.717, 1.165) is 22.4 Å². The largest absolute Gasteiger partial charge is 0.397 e. The molecule has 0 bridgehead atoms. The van der Waals surface area contributed by atoms with Crippen LogP contribution in [0.15, 0.2) is 85.1 Å². The Morgan fingerprint density at radius 2 is 1.33 bits per heavy atom. The summed E-state index contributed by atoms with van der Waals surface area (Å²) in [5.74, 6) is 0. The second-order valence-electron chi connectivity index (χ2n) is 6.42. The van der Waals surface area contributed by atoms with Gasteiger partial charge in [-0.05, 0) is 35.7 Å². The molecule has 0 amide bonds. The summed E-state index contributed by atoms with van der Waals surface area (Å²) in [6, 6.07) is 25.9. The van der Waals surface area contributed by atoms with Crippen molar-refractivity contribution < 1.29 is 0 Å². The highest BCUT2D eigenvalue weighted by atomic mass is 35.5. The topological polar surface area (TPSA) is 80.7 Å². The summed E-state index contributed by atoms with van der Waals surface area (Å²) in [6.07, 6.45) is 5.97. The average Bonchev–Trinajstić information content (AvgIpc) is 3.17. The molecule has 4 aromatic rings. The molecular formula is C24H26Cl2N4. The number of anilines is 2. The number of halogens is 2. The van der Waals surface area contributed by atoms with E-state index in [1.54, 1.807) is 0 Å². The number of aryl methyl sites for hydroxylation is 1. The van der Waals surface area contributed by atoms with Gasteiger partial charge in [0.25, 0.3) is 0 Å². The number of nitrogens with zero attached hydrogens (tertiary/aromatic N) is 1. The number of hydrogen-bond donors (Lipinski definition) is 3. The molecule has 1 heterocycles. The predicted octanol–water partition coefficient (Wildman–Crippen LogP) is 6.25. The summed E-state index contributed by atoms with van der Waals surface area (Å²) >= 11 is 0. The first-order valence-corrected chi connectivity index (χ1v) is 9.07. The smallest absolute Gasteiger partial charge is 0.0949 e. The maximum atomic E-state index is 5.73. The van der Waals surface area contributed by atoms with Crippen molar-refractivity contribution in [3.8, 4) is 11.3 Å². The van der Waals surface area contributed by atoms with Gasteiger partial charge in [0.15, 0.2) is 0 Å². The third kappa shape index (κ3) is 6.99. The highest BCUT2D eigenvalue weighted by molar-refractivity contribution is 5.85. The molecule has 0 atom stereocenters. The van der Waals surface area contributed by atoms with E-state index >= 15 is 0 Å². The van der Waals surface area contributed by atoms with Gasteiger partial charge in [-0.3, -0.25) is 5.10 Å². The lowest BCUT2D eigenvalue weighted by Crippen LogP contribution is -1.93. The van der Waals surface area contributed by atoms with Gasteiger partial charge >= 0.3 is 0 Å². The molecule has 0 aliphatic rings. The van der Waals surface area contributed by atoms with Crippen LogP contribution < -0.4 is 11.5 Å². The van der Waals surface area contributed by atoms with E-state index < -0.39 is 0 Å². The van der Waals surface area contributed by atoms with E-state index in [9.17, 15) is 0 Å². The van der Waals surface area contributed by atoms with Gasteiger partial charge in [0.1, 0.15) is 0 Å². The minimum absolute atomic E-state index is 0. The van der Waals surface area contributed by atoms with Crippen LogP contribution in [-0.4, -0.2) is 10.2 Å². The molecule has 0 saturated carbocycles. The number of aromatic amines is 1. The normalized spacial score (nSPS) is 9.77. The molecule has 0 saturated heterocycles. The number of nitrogens with two attached hydrogens (primary N) is 2. The first-order valence-electron chi connectivity index (χ1n) is 9.07. The van der Waals surface area contributed by atoms with Crippen LogP contribution in [-0.2, 0) is 0 Å². The van der Waals surface area contributed by atoms with Crippen molar-refractivity contribution in [3.05, 3.63) is 102 Å². The van der Waals surface area contributed by atoms with Crippen LogP contribution in [0.4, 0.5) is 11.4 Å². The molecule has 30 heavy (non-hydrogen) atoms. The van der Waals surface area contributed by atoms with Crippen LogP contribution in [0.2, 0.25) is 0 Å². The molecule has 0 fully saturated rings. The molecule has 156 valence electrons. The lowest BCUT2D eigenvalue weighted by atomic mass is 10.1. The molecule has 0 aliphatic heterocycles. The van der Waals surface area contributed by atoms with Crippen LogP contribution in [0.25, 0.3) is 23.4 Å². The Morgan fingerprint density at radius 3 is 1.90 bits per heavy atom. The highest BCUT2D eigenvalue weighted by Crippen LogP contribution is 2.19. The molecule has 3 aromatic carbocycles. The van der Waals surface area contributed by atoms with Crippen LogP contribution >= 0.6 is 24.8 Å². The van der Waals surface area contributed by atoms with Gasteiger partial charge in [0, 0.05) is 11.8 Å². The first-order chi connectivity index (χ1) is 13.6. The number of H-pyrrole nitrogens is 1. The van der Waals surface area contributed by atoms with Crippen LogP contribution in [0.1, 0.15) is 16.7 Å². The van der Waals surface area contributed by atoms with Crippen molar-refractivity contribution in [2.75, 3.05) is 11.5 Å². The zero-order chi connectivity index (χ0) is 19.8. The number of aromatic nitrogens is 2. The molecule has 4 nitrogen and oxygen atoms in total. The predicted molar refractivity (Wildman–Crippen MR) is 134 cm³/mol. The molecule has 5 N–H and O–H groups in total. The standard InChI is InChI=1S/C14H14N2.C10H10N2.2ClH/c15-13-9-8-12(10-14(13)16)7-6-11-4-2-1-3-5-11;1-8-7-11-12-10(8)9-5-3-2-4-6-9;;/h1-10H,15-16H2;2-7H,1H3,(H,11,12);2*1H. The third-order valence-electron chi connectivity index (χ3n) is 4.26. The maximum Gasteiger partial charge on any atom is 0.0949 e. The minimum Gasteiger partial charge on any atom is -0.397 e. The second-order valence-corrected chi connectivity index (χ2v) is 6.42. The number of benzene rings is 3. The fourth-order valence-corrected chi connectivity index (χ4v) is 2.69. The molecule has 1 aromatic heterocycles. The SMILES string of the molecule is Cc1c[nH]nc1-c1ccccc1.Cl.Cl.Nc1ccc(C=Cc2ccccc2)cc1N. The van der Waals surface area contributed by atoms with Crippen molar-refractivity contribution in [2.24, 2.45) is 0 Å². The van der Waals surface area contributed by atoms with Crippen LogP contribution in [0, 0.1) is 6.92 Å². The third-order valence-corrected chi connectivity index (χ3v) is 4.26. The zero-order valence-electron chi connectivity index (χ0n) is 16.7. The Morgan fingerprint density at radius 1 is 0.733 bits per heavy atom. The van der Waals surface area contributed by atoms with Crippen molar-refractivity contribution in [3.63, 3.8) is 0 Å². The molecule has 0 aliphatic carbocycles. The summed E-state index contributed by atoms with van der Waals surface area (Å²) in [4.78, 5) is 0. The number of nitrogens with one attached hydrogen (secondary N) is 1. The monoisotopic (exact) mass is 440 g/mol. The Bertz CT molecular complexity index is 1050. The maximum absolute atomic E-state index is 5.73. The van der Waals surface area contributed by atoms with Gasteiger partial charge in [-0.1, -0.05) is 78.9 Å². The van der Waals surface area contributed by atoms with Crippen molar-refractivity contribution in [1.82, 2.24) is 10.2 Å². The second kappa shape index (κ2) is 12.4. The molecule has 0 unspecified atom stereocenters. The summed E-state index contributed by atoms with van der Waals surface area (Å²) < 4.78 is 0. The molecule has 4 rings (SSSR count). The van der Waals surface area contributed by atoms with E-state index in [0.29, 0.717) is 11.4 Å². The Balaban J connectivity index is 0.000000290. The fourth-order valence-electron chi connectivity index (χ4n) is 2.69. The van der Waals surface area contributed by atoms with E-state index in [-0.39, 0.29) is 24.8 Å². The number of rotatable bonds is 3. The highest BCUT2D eigenvalue weighted by Gasteiger charge is 2.01. The van der Waals surface area contributed by atoms with Gasteiger partial charge in [-0.15, -0.1) is 24.8 Å². The lowest BCUT2D eigenvalue weighted by molar-refractivity contribution is 1.10. The van der Waals surface area contributed by atoms with Gasteiger partial charge < -0.3 is 11.5 Å². The Labute approximate surface area is 189 Å². The van der Waals surface area contributed by atoms with E-state index in [1.165, 1.54) is 5.56 Å². The van der Waals surface area contributed by atoms with Crippen LogP contribution in [0.3, 0.4) is 0 Å². The van der Waals surface area contributed by atoms with Crippen molar-refractivity contribution >= 4 is 48.3 Å². The summed E-state index contributed by atoms with van der Waals surface area (Å²) in [6.45, 7) is 2.05. The minimum atomic E-state index is 0. The van der Waals surface area contributed by atoms with E-state index in [4.69, 9.17) is 11.5 Å². The Hall–Kier alpha value is -3.21. The van der Waals surface area contributed by atoms with Gasteiger partial charge in [-0.25, -0.2) is 0 Å². The molecule has 0 spiro atoms. The van der Waals surface area contributed by atoms with Crippen molar-refractivity contribution in [1.29, 1.82) is 0 Å². The fraction of sp³-hybridized carbons (Fsp3) is 0.0417. The first kappa shape index (κ1) is 24.8. The average molecular weight is 441 g/mol. The van der Waals surface area contributed by atoms with Crippen molar-refractivity contribution in [2.45, 2.75) is 6.92 Å². The van der Waals surface area contributed by atoms with E-state index in [1.807, 2.05) is 79.9 Å². The zero-order valence-corrected chi connectivity index (χ0v) is 18.3. The summed E-state index contributed by atoms with van der Waals surface area (Å²) in [7, 11) is 0. The Kier molecular flexibility index (Phi) is 10.2. The van der Waals surface area contributed by atoms with Gasteiger partial charge in [0.2, 0.25) is 0 Å². The molecule has 6 heteroatoms. The molecule has 0 radical (unpaired) electrons. The number of nitrogen functional groups attached to an aromatic ring is 2. The number of hydrogen-bond acceptors (Lipinski definition) is 3. The van der Waals surface area contributed by atoms with Gasteiger partial charge in [0.05, 0.1) is 17.1 Å². The summed E-state index contributed by atoms with van der Waals surface area (Å²) in [5.41, 5.74) is 18.2.